The average Bonchev–Trinajstić information content (AvgIpc) is 3.20. The van der Waals surface area contributed by atoms with Crippen LogP contribution in [0.4, 0.5) is 0 Å². The van der Waals surface area contributed by atoms with Gasteiger partial charge in [0.2, 0.25) is 0 Å². The summed E-state index contributed by atoms with van der Waals surface area (Å²) in [7, 11) is 1.32. The van der Waals surface area contributed by atoms with Gasteiger partial charge in [-0.05, 0) is 29.8 Å². The van der Waals surface area contributed by atoms with Crippen LogP contribution >= 0.6 is 11.6 Å². The summed E-state index contributed by atoms with van der Waals surface area (Å²) in [5.74, 6) is -0.161. The van der Waals surface area contributed by atoms with E-state index < -0.39 is 12.0 Å². The van der Waals surface area contributed by atoms with Gasteiger partial charge in [0.1, 0.15) is 11.8 Å². The molecule has 1 amide bonds. The number of aromatic nitrogens is 2. The van der Waals surface area contributed by atoms with E-state index in [9.17, 15) is 9.59 Å². The molecule has 8 heteroatoms. The number of methoxy groups -OCH3 is 1. The Morgan fingerprint density at radius 1 is 1.13 bits per heavy atom. The third kappa shape index (κ3) is 4.72. The van der Waals surface area contributed by atoms with Gasteiger partial charge < -0.3 is 18.9 Å². The van der Waals surface area contributed by atoms with Gasteiger partial charge in [0, 0.05) is 18.0 Å². The Balaban J connectivity index is 1.54. The number of carbonyl (C=O) groups is 2. The van der Waals surface area contributed by atoms with E-state index in [1.54, 1.807) is 18.5 Å². The van der Waals surface area contributed by atoms with Crippen molar-refractivity contribution in [3.8, 4) is 5.75 Å². The number of fused-ring (bicyclic) bond motifs is 1. The van der Waals surface area contributed by atoms with Crippen molar-refractivity contribution in [2.24, 2.45) is 0 Å². The second kappa shape index (κ2) is 9.22. The maximum absolute atomic E-state index is 13.0. The number of benzene rings is 2. The Bertz CT molecular complexity index is 1070. The zero-order valence-corrected chi connectivity index (χ0v) is 17.8. The monoisotopic (exact) mass is 439 g/mol. The first-order valence-corrected chi connectivity index (χ1v) is 10.3. The van der Waals surface area contributed by atoms with Crippen LogP contribution in [0, 0.1) is 0 Å². The Hall–Kier alpha value is -3.32. The van der Waals surface area contributed by atoms with Gasteiger partial charge in [0.15, 0.2) is 6.61 Å². The molecule has 2 aromatic carbocycles. The molecule has 0 N–H and O–H groups in total. The van der Waals surface area contributed by atoms with Crippen LogP contribution in [0.25, 0.3) is 0 Å². The van der Waals surface area contributed by atoms with Crippen molar-refractivity contribution < 1.29 is 19.1 Å². The lowest BCUT2D eigenvalue weighted by molar-refractivity contribution is -0.154. The minimum absolute atomic E-state index is 0.168. The molecule has 4 rings (SSSR count). The van der Waals surface area contributed by atoms with Gasteiger partial charge in [-0.2, -0.15) is 0 Å². The zero-order valence-electron chi connectivity index (χ0n) is 17.0. The van der Waals surface area contributed by atoms with Crippen LogP contribution in [-0.2, 0) is 33.8 Å². The Kier molecular flexibility index (Phi) is 6.23. The van der Waals surface area contributed by atoms with E-state index in [2.05, 4.69) is 4.98 Å². The number of esters is 1. The van der Waals surface area contributed by atoms with E-state index in [4.69, 9.17) is 21.1 Å². The lowest BCUT2D eigenvalue weighted by Gasteiger charge is -2.34. The van der Waals surface area contributed by atoms with Gasteiger partial charge in [-0.1, -0.05) is 41.9 Å². The quantitative estimate of drug-likeness (QED) is 0.552. The van der Waals surface area contributed by atoms with E-state index in [0.29, 0.717) is 23.7 Å². The van der Waals surface area contributed by atoms with Crippen molar-refractivity contribution in [1.82, 2.24) is 14.5 Å². The molecule has 0 aliphatic carbocycles. The van der Waals surface area contributed by atoms with E-state index in [0.717, 1.165) is 17.0 Å². The first-order valence-electron chi connectivity index (χ1n) is 9.87. The summed E-state index contributed by atoms with van der Waals surface area (Å²) in [5.41, 5.74) is 2.74. The molecular formula is C23H22ClN3O4. The van der Waals surface area contributed by atoms with E-state index in [1.807, 2.05) is 47.0 Å². The average molecular weight is 440 g/mol. The minimum atomic E-state index is -0.733. The topological polar surface area (TPSA) is 73.7 Å². The molecule has 31 heavy (non-hydrogen) atoms. The second-order valence-corrected chi connectivity index (χ2v) is 7.70. The van der Waals surface area contributed by atoms with Crippen molar-refractivity contribution in [2.75, 3.05) is 13.7 Å². The molecule has 1 aromatic heterocycles. The summed E-state index contributed by atoms with van der Waals surface area (Å²) < 4.78 is 12.5. The van der Waals surface area contributed by atoms with E-state index >= 15 is 0 Å². The highest BCUT2D eigenvalue weighted by Crippen LogP contribution is 2.25. The van der Waals surface area contributed by atoms with Crippen molar-refractivity contribution in [1.29, 1.82) is 0 Å². The Labute approximate surface area is 185 Å². The number of carbonyl (C=O) groups excluding carboxylic acids is 2. The molecular weight excluding hydrogens is 418 g/mol. The Morgan fingerprint density at radius 3 is 2.58 bits per heavy atom. The maximum Gasteiger partial charge on any atom is 0.329 e. The SMILES string of the molecule is COC(=O)[C@@H]1Cc2ncn(Cc3ccc(Cl)cc3)c2CN1C(=O)COc1ccccc1. The lowest BCUT2D eigenvalue weighted by Crippen LogP contribution is -2.51. The largest absolute Gasteiger partial charge is 0.484 e. The number of imidazole rings is 1. The summed E-state index contributed by atoms with van der Waals surface area (Å²) in [6.07, 6.45) is 2.04. The van der Waals surface area contributed by atoms with Crippen molar-refractivity contribution in [3.63, 3.8) is 0 Å². The van der Waals surface area contributed by atoms with E-state index in [-0.39, 0.29) is 19.1 Å². The minimum Gasteiger partial charge on any atom is -0.484 e. The number of amides is 1. The van der Waals surface area contributed by atoms with Gasteiger partial charge >= 0.3 is 5.97 Å². The van der Waals surface area contributed by atoms with Crippen molar-refractivity contribution in [3.05, 3.63) is 82.9 Å². The normalized spacial score (nSPS) is 15.3. The molecule has 1 aliphatic rings. The fourth-order valence-corrected chi connectivity index (χ4v) is 3.77. The molecule has 160 valence electrons. The molecule has 1 atom stereocenters. The van der Waals surface area contributed by atoms with Crippen LogP contribution < -0.4 is 4.74 Å². The van der Waals surface area contributed by atoms with Crippen LogP contribution in [-0.4, -0.2) is 46.1 Å². The summed E-state index contributed by atoms with van der Waals surface area (Å²) in [6, 6.07) is 15.9. The van der Waals surface area contributed by atoms with Gasteiger partial charge in [0.05, 0.1) is 31.4 Å². The van der Waals surface area contributed by atoms with Crippen LogP contribution in [0.5, 0.6) is 5.75 Å². The number of ether oxygens (including phenoxy) is 2. The standard InChI is InChI=1S/C23H22ClN3O4/c1-30-23(29)20-11-19-21(26(15-25-19)12-16-7-9-17(24)10-8-16)13-27(20)22(28)14-31-18-5-3-2-4-6-18/h2-10,15,20H,11-14H2,1H3/t20-/m0/s1. The molecule has 3 aromatic rings. The van der Waals surface area contributed by atoms with E-state index in [1.165, 1.54) is 12.0 Å². The predicted molar refractivity (Wildman–Crippen MR) is 115 cm³/mol. The molecule has 0 spiro atoms. The highest BCUT2D eigenvalue weighted by atomic mass is 35.5. The first kappa shape index (κ1) is 20.9. The predicted octanol–water partition coefficient (Wildman–Crippen LogP) is 3.09. The number of hydrogen-bond acceptors (Lipinski definition) is 5. The number of rotatable bonds is 6. The molecule has 1 aliphatic heterocycles. The molecule has 0 saturated carbocycles. The number of nitrogens with zero attached hydrogens (tertiary/aromatic N) is 3. The van der Waals surface area contributed by atoms with Crippen LogP contribution in [0.3, 0.4) is 0 Å². The molecule has 0 bridgehead atoms. The molecule has 0 radical (unpaired) electrons. The summed E-state index contributed by atoms with van der Waals surface area (Å²) >= 11 is 5.98. The number of para-hydroxylation sites is 1. The third-order valence-corrected chi connectivity index (χ3v) is 5.53. The molecule has 0 saturated heterocycles. The second-order valence-electron chi connectivity index (χ2n) is 7.26. The number of hydrogen-bond donors (Lipinski definition) is 0. The first-order chi connectivity index (χ1) is 15.0. The fourth-order valence-electron chi connectivity index (χ4n) is 3.64. The highest BCUT2D eigenvalue weighted by Gasteiger charge is 2.37. The van der Waals surface area contributed by atoms with Crippen molar-refractivity contribution in [2.45, 2.75) is 25.6 Å². The molecule has 7 nitrogen and oxygen atoms in total. The van der Waals surface area contributed by atoms with Crippen molar-refractivity contribution >= 4 is 23.5 Å². The van der Waals surface area contributed by atoms with Crippen LogP contribution in [0.1, 0.15) is 17.0 Å². The Morgan fingerprint density at radius 2 is 1.87 bits per heavy atom. The van der Waals surface area contributed by atoms with Gasteiger partial charge in [-0.25, -0.2) is 9.78 Å². The lowest BCUT2D eigenvalue weighted by atomic mass is 10.0. The van der Waals surface area contributed by atoms with Gasteiger partial charge in [0.25, 0.3) is 5.91 Å². The molecule has 2 heterocycles. The smallest absolute Gasteiger partial charge is 0.329 e. The highest BCUT2D eigenvalue weighted by molar-refractivity contribution is 6.30. The van der Waals surface area contributed by atoms with Crippen LogP contribution in [0.2, 0.25) is 5.02 Å². The van der Waals surface area contributed by atoms with Crippen LogP contribution in [0.15, 0.2) is 60.9 Å². The summed E-state index contributed by atoms with van der Waals surface area (Å²) in [4.78, 5) is 31.4. The summed E-state index contributed by atoms with van der Waals surface area (Å²) in [5, 5.41) is 0.674. The maximum atomic E-state index is 13.0. The fraction of sp³-hybridized carbons (Fsp3) is 0.261. The van der Waals surface area contributed by atoms with Gasteiger partial charge in [-0.3, -0.25) is 4.79 Å². The third-order valence-electron chi connectivity index (χ3n) is 5.28. The number of halogens is 1. The zero-order chi connectivity index (χ0) is 21.8. The summed E-state index contributed by atoms with van der Waals surface area (Å²) in [6.45, 7) is 0.669. The molecule has 0 unspecified atom stereocenters. The molecule has 0 fully saturated rings. The van der Waals surface area contributed by atoms with Gasteiger partial charge in [-0.15, -0.1) is 0 Å².